The molecule has 2 rings (SSSR count). The number of nitrogens with zero attached hydrogens (tertiary/aromatic N) is 1. The lowest BCUT2D eigenvalue weighted by Crippen LogP contribution is -2.43. The maximum atomic E-state index is 12.5. The SMILES string of the molecule is CCS(=O)(=O)c1ccc(CC(=O)N(C)[C@H]2CCCC[C@@H]2C)cc1. The van der Waals surface area contributed by atoms with Gasteiger partial charge in [0, 0.05) is 13.1 Å². The number of carbonyl (C=O) groups is 1. The molecule has 0 unspecified atom stereocenters. The molecule has 1 aliphatic carbocycles. The molecule has 23 heavy (non-hydrogen) atoms. The molecule has 0 radical (unpaired) electrons. The minimum absolute atomic E-state index is 0.0909. The van der Waals surface area contributed by atoms with E-state index in [9.17, 15) is 13.2 Å². The van der Waals surface area contributed by atoms with Gasteiger partial charge in [0.05, 0.1) is 17.1 Å². The summed E-state index contributed by atoms with van der Waals surface area (Å²) in [5.41, 5.74) is 0.861. The van der Waals surface area contributed by atoms with Gasteiger partial charge in [0.25, 0.3) is 0 Å². The molecule has 0 saturated heterocycles. The van der Waals surface area contributed by atoms with Crippen molar-refractivity contribution >= 4 is 15.7 Å². The van der Waals surface area contributed by atoms with Crippen LogP contribution in [-0.2, 0) is 21.1 Å². The summed E-state index contributed by atoms with van der Waals surface area (Å²) in [6.07, 6.45) is 5.04. The lowest BCUT2D eigenvalue weighted by atomic mass is 9.85. The van der Waals surface area contributed by atoms with Gasteiger partial charge in [-0.25, -0.2) is 8.42 Å². The van der Waals surface area contributed by atoms with Gasteiger partial charge in [-0.2, -0.15) is 0 Å². The number of rotatable bonds is 5. The van der Waals surface area contributed by atoms with E-state index in [0.717, 1.165) is 12.0 Å². The second-order valence-corrected chi connectivity index (χ2v) is 8.84. The predicted octanol–water partition coefficient (Wildman–Crippen LogP) is 3.06. The molecule has 1 aliphatic rings. The molecule has 1 amide bonds. The van der Waals surface area contributed by atoms with Crippen molar-refractivity contribution in [1.29, 1.82) is 0 Å². The molecule has 1 saturated carbocycles. The first kappa shape index (κ1) is 18.0. The standard InChI is InChI=1S/C18H27NO3S/c1-4-23(21,22)16-11-9-15(10-12-16)13-18(20)19(3)17-8-6-5-7-14(17)2/h9-12,14,17H,4-8,13H2,1-3H3/t14-,17-/m0/s1. The van der Waals surface area contributed by atoms with Crippen LogP contribution in [0.2, 0.25) is 0 Å². The lowest BCUT2D eigenvalue weighted by molar-refractivity contribution is -0.132. The average molecular weight is 337 g/mol. The molecule has 0 heterocycles. The molecule has 5 heteroatoms. The van der Waals surface area contributed by atoms with Crippen LogP contribution in [0.15, 0.2) is 29.2 Å². The molecule has 0 bridgehead atoms. The zero-order valence-electron chi connectivity index (χ0n) is 14.3. The van der Waals surface area contributed by atoms with Crippen LogP contribution in [0.25, 0.3) is 0 Å². The Kier molecular flexibility index (Phi) is 5.84. The third-order valence-electron chi connectivity index (χ3n) is 4.97. The molecule has 0 spiro atoms. The van der Waals surface area contributed by atoms with Gasteiger partial charge < -0.3 is 4.90 Å². The van der Waals surface area contributed by atoms with E-state index in [0.29, 0.717) is 23.3 Å². The van der Waals surface area contributed by atoms with Gasteiger partial charge in [-0.15, -0.1) is 0 Å². The maximum Gasteiger partial charge on any atom is 0.226 e. The molecule has 1 aromatic carbocycles. The smallest absolute Gasteiger partial charge is 0.226 e. The zero-order chi connectivity index (χ0) is 17.0. The van der Waals surface area contributed by atoms with E-state index in [4.69, 9.17) is 0 Å². The summed E-state index contributed by atoms with van der Waals surface area (Å²) in [7, 11) is -1.29. The van der Waals surface area contributed by atoms with Crippen LogP contribution in [0.4, 0.5) is 0 Å². The molecular formula is C18H27NO3S. The second kappa shape index (κ2) is 7.47. The van der Waals surface area contributed by atoms with E-state index >= 15 is 0 Å². The molecule has 0 N–H and O–H groups in total. The Bertz CT molecular complexity index is 637. The summed E-state index contributed by atoms with van der Waals surface area (Å²) in [6.45, 7) is 3.85. The van der Waals surface area contributed by atoms with Crippen LogP contribution in [-0.4, -0.2) is 38.1 Å². The predicted molar refractivity (Wildman–Crippen MR) is 92.1 cm³/mol. The highest BCUT2D eigenvalue weighted by Gasteiger charge is 2.27. The summed E-state index contributed by atoms with van der Waals surface area (Å²) in [4.78, 5) is 14.7. The molecule has 4 nitrogen and oxygen atoms in total. The molecule has 2 atom stereocenters. The molecule has 128 valence electrons. The highest BCUT2D eigenvalue weighted by Crippen LogP contribution is 2.27. The van der Waals surface area contributed by atoms with Crippen molar-refractivity contribution in [2.24, 2.45) is 5.92 Å². The molecule has 1 aromatic rings. The highest BCUT2D eigenvalue weighted by atomic mass is 32.2. The van der Waals surface area contributed by atoms with Gasteiger partial charge in [-0.1, -0.05) is 38.8 Å². The van der Waals surface area contributed by atoms with Crippen molar-refractivity contribution < 1.29 is 13.2 Å². The Morgan fingerprint density at radius 1 is 1.17 bits per heavy atom. The van der Waals surface area contributed by atoms with Crippen molar-refractivity contribution in [2.45, 2.75) is 56.9 Å². The van der Waals surface area contributed by atoms with Crippen LogP contribution >= 0.6 is 0 Å². The van der Waals surface area contributed by atoms with Crippen LogP contribution in [0.5, 0.6) is 0 Å². The minimum Gasteiger partial charge on any atom is -0.342 e. The van der Waals surface area contributed by atoms with Gasteiger partial charge in [0.1, 0.15) is 0 Å². The van der Waals surface area contributed by atoms with E-state index in [2.05, 4.69) is 6.92 Å². The Morgan fingerprint density at radius 2 is 1.78 bits per heavy atom. The summed E-state index contributed by atoms with van der Waals surface area (Å²) in [6, 6.07) is 7.03. The number of sulfone groups is 1. The summed E-state index contributed by atoms with van der Waals surface area (Å²) < 4.78 is 23.6. The van der Waals surface area contributed by atoms with Gasteiger partial charge in [0.2, 0.25) is 5.91 Å². The van der Waals surface area contributed by atoms with E-state index in [-0.39, 0.29) is 11.7 Å². The fourth-order valence-electron chi connectivity index (χ4n) is 3.34. The number of benzene rings is 1. The lowest BCUT2D eigenvalue weighted by Gasteiger charge is -2.36. The zero-order valence-corrected chi connectivity index (χ0v) is 15.1. The largest absolute Gasteiger partial charge is 0.342 e. The molecule has 0 aliphatic heterocycles. The maximum absolute atomic E-state index is 12.5. The summed E-state index contributed by atoms with van der Waals surface area (Å²) in [5.74, 6) is 0.748. The van der Waals surface area contributed by atoms with E-state index in [1.165, 1.54) is 19.3 Å². The number of hydrogen-bond acceptors (Lipinski definition) is 3. The van der Waals surface area contributed by atoms with Gasteiger partial charge in [-0.05, 0) is 36.5 Å². The monoisotopic (exact) mass is 337 g/mol. The molecule has 0 aromatic heterocycles. The van der Waals surface area contributed by atoms with Crippen molar-refractivity contribution in [2.75, 3.05) is 12.8 Å². The Balaban J connectivity index is 2.02. The Labute approximate surface area is 139 Å². The highest BCUT2D eigenvalue weighted by molar-refractivity contribution is 7.91. The summed E-state index contributed by atoms with van der Waals surface area (Å²) >= 11 is 0. The van der Waals surface area contributed by atoms with Crippen LogP contribution in [0.3, 0.4) is 0 Å². The normalized spacial score (nSPS) is 21.9. The Hall–Kier alpha value is -1.36. The number of hydrogen-bond donors (Lipinski definition) is 0. The van der Waals surface area contributed by atoms with Crippen molar-refractivity contribution in [3.63, 3.8) is 0 Å². The van der Waals surface area contributed by atoms with E-state index < -0.39 is 9.84 Å². The topological polar surface area (TPSA) is 54.5 Å². The first-order chi connectivity index (χ1) is 10.8. The number of carbonyl (C=O) groups excluding carboxylic acids is 1. The first-order valence-electron chi connectivity index (χ1n) is 8.42. The fraction of sp³-hybridized carbons (Fsp3) is 0.611. The third-order valence-corrected chi connectivity index (χ3v) is 6.73. The molecular weight excluding hydrogens is 310 g/mol. The van der Waals surface area contributed by atoms with Crippen LogP contribution < -0.4 is 0 Å². The average Bonchev–Trinajstić information content (AvgIpc) is 2.55. The van der Waals surface area contributed by atoms with Gasteiger partial charge >= 0.3 is 0 Å². The summed E-state index contributed by atoms with van der Waals surface area (Å²) in [5, 5.41) is 0. The number of amides is 1. The van der Waals surface area contributed by atoms with Gasteiger partial charge in [-0.3, -0.25) is 4.79 Å². The fourth-order valence-corrected chi connectivity index (χ4v) is 4.22. The minimum atomic E-state index is -3.18. The molecule has 1 fully saturated rings. The number of likely N-dealkylation sites (N-methyl/N-ethyl adjacent to an activating group) is 1. The second-order valence-electron chi connectivity index (χ2n) is 6.56. The van der Waals surface area contributed by atoms with E-state index in [1.54, 1.807) is 31.2 Å². The van der Waals surface area contributed by atoms with E-state index in [1.807, 2.05) is 11.9 Å². The third kappa shape index (κ3) is 4.34. The van der Waals surface area contributed by atoms with Crippen molar-refractivity contribution in [1.82, 2.24) is 4.90 Å². The first-order valence-corrected chi connectivity index (χ1v) is 10.1. The van der Waals surface area contributed by atoms with Crippen molar-refractivity contribution in [3.05, 3.63) is 29.8 Å². The van der Waals surface area contributed by atoms with Crippen molar-refractivity contribution in [3.8, 4) is 0 Å². The van der Waals surface area contributed by atoms with Crippen LogP contribution in [0.1, 0.15) is 45.1 Å². The Morgan fingerprint density at radius 3 is 2.35 bits per heavy atom. The van der Waals surface area contributed by atoms with Crippen LogP contribution in [0, 0.1) is 5.92 Å². The van der Waals surface area contributed by atoms with Gasteiger partial charge in [0.15, 0.2) is 9.84 Å². The quantitative estimate of drug-likeness (QED) is 0.830.